The molecule has 0 bridgehead atoms. The minimum absolute atomic E-state index is 0.205. The minimum atomic E-state index is 0.205. The molecule has 1 saturated carbocycles. The zero-order valence-corrected chi connectivity index (χ0v) is 42.2. The van der Waals surface area contributed by atoms with Crippen LogP contribution >= 0.6 is 0 Å². The third kappa shape index (κ3) is 8.73. The van der Waals surface area contributed by atoms with E-state index in [-0.39, 0.29) is 5.41 Å². The van der Waals surface area contributed by atoms with Gasteiger partial charge in [-0.3, -0.25) is 0 Å². The van der Waals surface area contributed by atoms with Gasteiger partial charge in [0, 0.05) is 17.8 Å². The zero-order chi connectivity index (χ0) is 47.2. The zero-order valence-electron chi connectivity index (χ0n) is 42.2. The maximum Gasteiger partial charge on any atom is 0.0161 e. The van der Waals surface area contributed by atoms with Crippen LogP contribution in [0, 0.1) is 40.9 Å². The third-order valence-corrected chi connectivity index (χ3v) is 17.1. The molecule has 6 unspecified atom stereocenters. The van der Waals surface area contributed by atoms with Crippen molar-refractivity contribution in [3.05, 3.63) is 265 Å². The Kier molecular flexibility index (Phi) is 12.6. The summed E-state index contributed by atoms with van der Waals surface area (Å²) in [7, 11) is 0. The van der Waals surface area contributed by atoms with Gasteiger partial charge in [0.05, 0.1) is 0 Å². The molecule has 0 nitrogen and oxygen atoms in total. The lowest BCUT2D eigenvalue weighted by molar-refractivity contribution is 0.453. The van der Waals surface area contributed by atoms with Crippen LogP contribution in [-0.4, -0.2) is 0 Å². The van der Waals surface area contributed by atoms with Gasteiger partial charge in [0.2, 0.25) is 0 Å². The quantitative estimate of drug-likeness (QED) is 0.256. The molecule has 1 aromatic rings. The van der Waals surface area contributed by atoms with Crippen LogP contribution in [0.25, 0.3) is 5.57 Å². The van der Waals surface area contributed by atoms with Crippen LogP contribution in [0.15, 0.2) is 259 Å². The Morgan fingerprint density at radius 1 is 0.754 bits per heavy atom. The molecule has 6 atom stereocenters. The van der Waals surface area contributed by atoms with Gasteiger partial charge in [-0.15, -0.1) is 0 Å². The summed E-state index contributed by atoms with van der Waals surface area (Å²) in [4.78, 5) is 0. The van der Waals surface area contributed by atoms with Gasteiger partial charge >= 0.3 is 0 Å². The third-order valence-electron chi connectivity index (χ3n) is 17.1. The van der Waals surface area contributed by atoms with E-state index in [2.05, 4.69) is 212 Å². The number of hydrogen-bond acceptors (Lipinski definition) is 0. The van der Waals surface area contributed by atoms with Crippen LogP contribution in [0.4, 0.5) is 0 Å². The van der Waals surface area contributed by atoms with Crippen LogP contribution in [0.3, 0.4) is 0 Å². The topological polar surface area (TPSA) is 0 Å². The van der Waals surface area contributed by atoms with E-state index in [0.717, 1.165) is 64.2 Å². The maximum absolute atomic E-state index is 2.67. The fourth-order valence-corrected chi connectivity index (χ4v) is 13.7. The van der Waals surface area contributed by atoms with Gasteiger partial charge in [-0.1, -0.05) is 214 Å². The summed E-state index contributed by atoms with van der Waals surface area (Å²) in [5.74, 6) is 2.48. The molecule has 0 amide bonds. The van der Waals surface area contributed by atoms with E-state index in [1.165, 1.54) is 66.9 Å². The van der Waals surface area contributed by atoms with Gasteiger partial charge in [-0.05, 0) is 185 Å². The molecule has 0 radical (unpaired) electrons. The van der Waals surface area contributed by atoms with Crippen LogP contribution in [0.2, 0.25) is 0 Å². The van der Waals surface area contributed by atoms with Gasteiger partial charge in [-0.25, -0.2) is 0 Å². The molecule has 0 heterocycles. The highest BCUT2D eigenvalue weighted by molar-refractivity contribution is 5.90. The second-order valence-corrected chi connectivity index (χ2v) is 22.4. The number of benzene rings is 1. The van der Waals surface area contributed by atoms with Crippen LogP contribution < -0.4 is 0 Å². The van der Waals surface area contributed by atoms with Crippen LogP contribution in [0.1, 0.15) is 111 Å². The molecule has 0 saturated heterocycles. The van der Waals surface area contributed by atoms with E-state index in [9.17, 15) is 0 Å². The van der Waals surface area contributed by atoms with Crippen molar-refractivity contribution in [3.8, 4) is 0 Å². The summed E-state index contributed by atoms with van der Waals surface area (Å²) in [6.45, 7) is 14.3. The van der Waals surface area contributed by atoms with E-state index in [1.807, 2.05) is 0 Å². The first kappa shape index (κ1) is 45.5. The summed E-state index contributed by atoms with van der Waals surface area (Å²) in [6, 6.07) is 11.5. The molecule has 0 spiro atoms. The van der Waals surface area contributed by atoms with Gasteiger partial charge in [-0.2, -0.15) is 0 Å². The van der Waals surface area contributed by atoms with Crippen molar-refractivity contribution in [3.63, 3.8) is 0 Å². The van der Waals surface area contributed by atoms with E-state index in [4.69, 9.17) is 0 Å². The van der Waals surface area contributed by atoms with E-state index in [1.54, 1.807) is 33.4 Å². The minimum Gasteiger partial charge on any atom is -0.0842 e. The van der Waals surface area contributed by atoms with Crippen molar-refractivity contribution >= 4 is 5.57 Å². The molecule has 0 N–H and O–H groups in total. The number of allylic oxidation sites excluding steroid dienone is 40. The highest BCUT2D eigenvalue weighted by atomic mass is 14.5. The molecule has 0 aliphatic heterocycles. The second-order valence-electron chi connectivity index (χ2n) is 22.4. The maximum atomic E-state index is 2.67. The lowest BCUT2D eigenvalue weighted by atomic mass is 9.67. The van der Waals surface area contributed by atoms with Crippen molar-refractivity contribution in [2.75, 3.05) is 0 Å². The molecule has 11 rings (SSSR count). The standard InChI is InChI=1S/C69H72/c1-7-48-31-32-52(41-47-21-12-8-13-22-47)59(37-38-62-57(49-23-14-9-15-24-49)35-36-58(66(48)62)50-25-16-10-17-26-50)67(51-27-18-11-19-28-51)64-44-55-42-53-33-34-54(43-63(53)60-29-20-30-61(64)68(55)60)65-45(2)39-56(40-46(65)3)69(4,5)6/h7-12,14-21,23,25,27-32,36-39,42-43,46,49-50,57,60,68H,13,22,24,26,33-35,40-41,44H2,1-6H3. The highest BCUT2D eigenvalue weighted by Crippen LogP contribution is 2.57. The molecule has 1 fully saturated rings. The average Bonchev–Trinajstić information content (AvgIpc) is 3.76. The van der Waals surface area contributed by atoms with E-state index < -0.39 is 0 Å². The predicted molar refractivity (Wildman–Crippen MR) is 295 cm³/mol. The fraction of sp³-hybridized carbons (Fsp3) is 0.333. The first-order chi connectivity index (χ1) is 33.6. The molecule has 10 aliphatic rings. The van der Waals surface area contributed by atoms with Crippen molar-refractivity contribution in [1.82, 2.24) is 0 Å². The normalized spacial score (nSPS) is 29.7. The molecule has 10 aliphatic carbocycles. The summed E-state index contributed by atoms with van der Waals surface area (Å²) in [6.07, 6.45) is 67.0. The Morgan fingerprint density at radius 3 is 2.33 bits per heavy atom. The summed E-state index contributed by atoms with van der Waals surface area (Å²) < 4.78 is 0. The van der Waals surface area contributed by atoms with Gasteiger partial charge in [0.1, 0.15) is 0 Å². The SMILES string of the molecule is CC=C1C=CC(CC2=CC=CCC2)=C(C(=C2CC3=CC4=C(C=C(C5=C(C)C=C(C(C)(C)C)CC5C)CC4)C4C=CC=C2C34)c2ccccc2)C=CC2=C1C(C1C=CC=CC1)=CCC2C1C=CC=CC1. The Balaban J connectivity index is 1.07. The molecule has 0 aromatic heterocycles. The monoisotopic (exact) mass is 901 g/mol. The molecular weight excluding hydrogens is 829 g/mol. The lowest BCUT2D eigenvalue weighted by Crippen LogP contribution is -2.24. The van der Waals surface area contributed by atoms with E-state index >= 15 is 0 Å². The van der Waals surface area contributed by atoms with Gasteiger partial charge < -0.3 is 0 Å². The second kappa shape index (κ2) is 19.1. The molecule has 69 heavy (non-hydrogen) atoms. The summed E-state index contributed by atoms with van der Waals surface area (Å²) in [5, 5.41) is 0. The van der Waals surface area contributed by atoms with Crippen molar-refractivity contribution in [2.45, 2.75) is 106 Å². The van der Waals surface area contributed by atoms with E-state index in [0.29, 0.717) is 35.5 Å². The first-order valence-electron chi connectivity index (χ1n) is 26.6. The molecule has 348 valence electrons. The highest BCUT2D eigenvalue weighted by Gasteiger charge is 2.43. The smallest absolute Gasteiger partial charge is 0.0161 e. The van der Waals surface area contributed by atoms with Crippen molar-refractivity contribution in [2.24, 2.45) is 40.9 Å². The Hall–Kier alpha value is -5.98. The molecule has 1 aromatic carbocycles. The van der Waals surface area contributed by atoms with Gasteiger partial charge in [0.15, 0.2) is 0 Å². The summed E-state index contributed by atoms with van der Waals surface area (Å²) in [5.41, 5.74) is 27.1. The van der Waals surface area contributed by atoms with Gasteiger partial charge in [0.25, 0.3) is 0 Å². The van der Waals surface area contributed by atoms with Crippen molar-refractivity contribution in [1.29, 1.82) is 0 Å². The largest absolute Gasteiger partial charge is 0.0842 e. The average molecular weight is 901 g/mol. The molecular formula is C69H72. The van der Waals surface area contributed by atoms with Crippen LogP contribution in [-0.2, 0) is 0 Å². The van der Waals surface area contributed by atoms with Crippen LogP contribution in [0.5, 0.6) is 0 Å². The Morgan fingerprint density at radius 2 is 1.59 bits per heavy atom. The van der Waals surface area contributed by atoms with Crippen molar-refractivity contribution < 1.29 is 0 Å². The number of rotatable bonds is 7. The Bertz CT molecular complexity index is 2970. The predicted octanol–water partition coefficient (Wildman–Crippen LogP) is 18.4. The number of fused-ring (bicyclic) bond motifs is 1. The summed E-state index contributed by atoms with van der Waals surface area (Å²) >= 11 is 0. The first-order valence-corrected chi connectivity index (χ1v) is 26.6. The fourth-order valence-electron chi connectivity index (χ4n) is 13.7. The number of hydrogen-bond donors (Lipinski definition) is 0. The Labute approximate surface area is 415 Å². The molecule has 0 heteroatoms. The lowest BCUT2D eigenvalue weighted by Gasteiger charge is -2.37.